The first-order valence-corrected chi connectivity index (χ1v) is 11.5. The van der Waals surface area contributed by atoms with E-state index in [0.29, 0.717) is 11.8 Å². The number of hydrogen-bond acceptors (Lipinski definition) is 3. The van der Waals surface area contributed by atoms with Gasteiger partial charge >= 0.3 is 0 Å². The molecule has 2 aromatic rings. The maximum absolute atomic E-state index is 6.27. The zero-order valence-corrected chi connectivity index (χ0v) is 17.5. The summed E-state index contributed by atoms with van der Waals surface area (Å²) >= 11 is 0. The molecule has 0 spiro atoms. The molecule has 4 rings (SSSR count). The van der Waals surface area contributed by atoms with E-state index < -0.39 is 0 Å². The van der Waals surface area contributed by atoms with E-state index in [1.807, 2.05) is 48.5 Å². The summed E-state index contributed by atoms with van der Waals surface area (Å²) in [7, 11) is 0. The molecule has 0 saturated heterocycles. The van der Waals surface area contributed by atoms with Crippen LogP contribution in [0.15, 0.2) is 48.5 Å². The Morgan fingerprint density at radius 3 is 1.31 bits per heavy atom. The van der Waals surface area contributed by atoms with Crippen LogP contribution in [0.5, 0.6) is 23.0 Å². The second kappa shape index (κ2) is 10.6. The van der Waals surface area contributed by atoms with Crippen LogP contribution in [-0.2, 0) is 0 Å². The lowest BCUT2D eigenvalue weighted by Crippen LogP contribution is -2.15. The molecule has 2 saturated carbocycles. The van der Waals surface area contributed by atoms with Crippen LogP contribution in [0, 0.1) is 11.8 Å². The second-order valence-corrected chi connectivity index (χ2v) is 8.63. The Morgan fingerprint density at radius 2 is 0.897 bits per heavy atom. The Kier molecular flexibility index (Phi) is 7.34. The summed E-state index contributed by atoms with van der Waals surface area (Å²) in [6, 6.07) is 16.0. The van der Waals surface area contributed by atoms with E-state index in [9.17, 15) is 0 Å². The van der Waals surface area contributed by atoms with E-state index in [4.69, 9.17) is 14.2 Å². The van der Waals surface area contributed by atoms with Gasteiger partial charge in [-0.15, -0.1) is 0 Å². The fourth-order valence-corrected chi connectivity index (χ4v) is 4.55. The molecule has 0 bridgehead atoms. The van der Waals surface area contributed by atoms with Crippen LogP contribution in [0.4, 0.5) is 0 Å². The summed E-state index contributed by atoms with van der Waals surface area (Å²) in [6.07, 6.45) is 13.2. The van der Waals surface area contributed by atoms with Gasteiger partial charge in [-0.05, 0) is 61.8 Å². The number of hydrogen-bond donors (Lipinski definition) is 0. The molecule has 3 heteroatoms. The molecule has 0 aromatic heterocycles. The van der Waals surface area contributed by atoms with Gasteiger partial charge in [-0.1, -0.05) is 62.8 Å². The molecule has 0 aliphatic heterocycles. The van der Waals surface area contributed by atoms with E-state index in [1.54, 1.807) is 0 Å². The van der Waals surface area contributed by atoms with E-state index in [1.165, 1.54) is 64.2 Å². The van der Waals surface area contributed by atoms with E-state index in [-0.39, 0.29) is 0 Å². The molecule has 0 amide bonds. The van der Waals surface area contributed by atoms with Gasteiger partial charge in [0.1, 0.15) is 0 Å². The summed E-state index contributed by atoms with van der Waals surface area (Å²) in [5, 5.41) is 0. The van der Waals surface area contributed by atoms with Crippen molar-refractivity contribution < 1.29 is 14.2 Å². The molecular formula is C26H34O3. The lowest BCUT2D eigenvalue weighted by molar-refractivity contribution is 0.198. The molecule has 0 radical (unpaired) electrons. The summed E-state index contributed by atoms with van der Waals surface area (Å²) in [4.78, 5) is 0. The Hall–Kier alpha value is -2.16. The Balaban J connectivity index is 1.39. The van der Waals surface area contributed by atoms with Crippen molar-refractivity contribution in [1.29, 1.82) is 0 Å². The first-order chi connectivity index (χ1) is 14.4. The number of rotatable bonds is 8. The SMILES string of the molecule is c1ccc(Oc2ccccc2OCC2CCCCC2)c(OCC2CCCCC2)c1. The molecule has 0 atom stereocenters. The van der Waals surface area contributed by atoms with E-state index in [2.05, 4.69) is 0 Å². The molecule has 2 aromatic carbocycles. The van der Waals surface area contributed by atoms with Gasteiger partial charge in [-0.3, -0.25) is 0 Å². The van der Waals surface area contributed by atoms with Crippen molar-refractivity contribution in [2.24, 2.45) is 11.8 Å². The Morgan fingerprint density at radius 1 is 0.517 bits per heavy atom. The van der Waals surface area contributed by atoms with Crippen LogP contribution in [0.3, 0.4) is 0 Å². The van der Waals surface area contributed by atoms with Gasteiger partial charge in [-0.2, -0.15) is 0 Å². The van der Waals surface area contributed by atoms with Gasteiger partial charge in [0.2, 0.25) is 0 Å². The van der Waals surface area contributed by atoms with Crippen molar-refractivity contribution in [3.8, 4) is 23.0 Å². The van der Waals surface area contributed by atoms with E-state index in [0.717, 1.165) is 36.2 Å². The van der Waals surface area contributed by atoms with Crippen molar-refractivity contribution in [2.75, 3.05) is 13.2 Å². The third-order valence-electron chi connectivity index (χ3n) is 6.32. The van der Waals surface area contributed by atoms with Gasteiger partial charge in [-0.25, -0.2) is 0 Å². The minimum atomic E-state index is 0.669. The highest BCUT2D eigenvalue weighted by Crippen LogP contribution is 2.37. The summed E-state index contributed by atoms with van der Waals surface area (Å²) < 4.78 is 18.6. The van der Waals surface area contributed by atoms with Gasteiger partial charge in [0.15, 0.2) is 23.0 Å². The fourth-order valence-electron chi connectivity index (χ4n) is 4.55. The predicted molar refractivity (Wildman–Crippen MR) is 117 cm³/mol. The number of benzene rings is 2. The Bertz CT molecular complexity index is 682. The molecule has 2 aliphatic carbocycles. The van der Waals surface area contributed by atoms with Gasteiger partial charge in [0.05, 0.1) is 13.2 Å². The smallest absolute Gasteiger partial charge is 0.169 e. The van der Waals surface area contributed by atoms with Gasteiger partial charge in [0.25, 0.3) is 0 Å². The standard InChI is InChI=1S/C26H34O3/c1-3-11-21(12-4-1)19-27-23-15-7-9-17-25(23)29-26-18-10-8-16-24(26)28-20-22-13-5-2-6-14-22/h7-10,15-18,21-22H,1-6,11-14,19-20H2. The lowest BCUT2D eigenvalue weighted by Gasteiger charge is -2.23. The highest BCUT2D eigenvalue weighted by molar-refractivity contribution is 5.47. The average Bonchev–Trinajstić information content (AvgIpc) is 2.79. The van der Waals surface area contributed by atoms with Crippen LogP contribution in [0.2, 0.25) is 0 Å². The molecule has 0 unspecified atom stereocenters. The lowest BCUT2D eigenvalue weighted by atomic mass is 9.90. The highest BCUT2D eigenvalue weighted by atomic mass is 16.5. The minimum absolute atomic E-state index is 0.669. The molecule has 0 heterocycles. The monoisotopic (exact) mass is 394 g/mol. The third kappa shape index (κ3) is 5.91. The van der Waals surface area contributed by atoms with Crippen molar-refractivity contribution in [2.45, 2.75) is 64.2 Å². The summed E-state index contributed by atoms with van der Waals surface area (Å²) in [5.41, 5.74) is 0. The fraction of sp³-hybridized carbons (Fsp3) is 0.538. The van der Waals surface area contributed by atoms with Gasteiger partial charge < -0.3 is 14.2 Å². The zero-order valence-electron chi connectivity index (χ0n) is 17.5. The third-order valence-corrected chi connectivity index (χ3v) is 6.32. The molecule has 0 N–H and O–H groups in total. The highest BCUT2D eigenvalue weighted by Gasteiger charge is 2.17. The van der Waals surface area contributed by atoms with Crippen molar-refractivity contribution in [3.63, 3.8) is 0 Å². The van der Waals surface area contributed by atoms with Crippen molar-refractivity contribution in [1.82, 2.24) is 0 Å². The molecular weight excluding hydrogens is 360 g/mol. The number of ether oxygens (including phenoxy) is 3. The van der Waals surface area contributed by atoms with Crippen LogP contribution in [0.1, 0.15) is 64.2 Å². The molecule has 29 heavy (non-hydrogen) atoms. The summed E-state index contributed by atoms with van der Waals surface area (Å²) in [5.74, 6) is 4.50. The normalized spacial score (nSPS) is 18.3. The molecule has 3 nitrogen and oxygen atoms in total. The van der Waals surface area contributed by atoms with Crippen LogP contribution < -0.4 is 14.2 Å². The van der Waals surface area contributed by atoms with Crippen LogP contribution in [-0.4, -0.2) is 13.2 Å². The zero-order chi connectivity index (χ0) is 19.7. The molecule has 156 valence electrons. The van der Waals surface area contributed by atoms with E-state index >= 15 is 0 Å². The maximum atomic E-state index is 6.27. The van der Waals surface area contributed by atoms with Crippen molar-refractivity contribution >= 4 is 0 Å². The van der Waals surface area contributed by atoms with Gasteiger partial charge in [0, 0.05) is 0 Å². The maximum Gasteiger partial charge on any atom is 0.169 e. The predicted octanol–water partition coefficient (Wildman–Crippen LogP) is 7.40. The average molecular weight is 395 g/mol. The Labute approximate surface area is 175 Å². The first kappa shape index (κ1) is 20.1. The van der Waals surface area contributed by atoms with Crippen molar-refractivity contribution in [3.05, 3.63) is 48.5 Å². The number of para-hydroxylation sites is 4. The van der Waals surface area contributed by atoms with Crippen LogP contribution in [0.25, 0.3) is 0 Å². The molecule has 2 fully saturated rings. The quantitative estimate of drug-likeness (QED) is 0.467. The summed E-state index contributed by atoms with van der Waals surface area (Å²) in [6.45, 7) is 1.56. The molecule has 2 aliphatic rings. The first-order valence-electron chi connectivity index (χ1n) is 11.5. The second-order valence-electron chi connectivity index (χ2n) is 8.63. The topological polar surface area (TPSA) is 27.7 Å². The minimum Gasteiger partial charge on any atom is -0.489 e. The largest absolute Gasteiger partial charge is 0.489 e. The van der Waals surface area contributed by atoms with Crippen LogP contribution >= 0.6 is 0 Å².